The molecule has 4 atom stereocenters. The fourth-order valence-electron chi connectivity index (χ4n) is 4.87. The van der Waals surface area contributed by atoms with Gasteiger partial charge in [0.25, 0.3) is 11.8 Å². The summed E-state index contributed by atoms with van der Waals surface area (Å²) < 4.78 is 11.3. The molecule has 0 saturated carbocycles. The highest BCUT2D eigenvalue weighted by atomic mass is 32.2. The van der Waals surface area contributed by atoms with Crippen molar-refractivity contribution >= 4 is 23.6 Å². The van der Waals surface area contributed by atoms with Gasteiger partial charge in [-0.25, -0.2) is 0 Å². The number of piperazine rings is 1. The number of thioether (sulfide) groups is 1. The van der Waals surface area contributed by atoms with Crippen LogP contribution in [-0.2, 0) is 9.59 Å². The molecule has 1 aromatic rings. The van der Waals surface area contributed by atoms with E-state index >= 15 is 0 Å². The minimum atomic E-state index is -1.01. The normalized spacial score (nSPS) is 39.0. The van der Waals surface area contributed by atoms with Gasteiger partial charge < -0.3 is 19.3 Å². The lowest BCUT2D eigenvalue weighted by atomic mass is 9.79. The summed E-state index contributed by atoms with van der Waals surface area (Å²) in [6, 6.07) is 7.40. The van der Waals surface area contributed by atoms with Gasteiger partial charge in [-0.15, -0.1) is 0 Å². The number of ether oxygens (including phenoxy) is 2. The van der Waals surface area contributed by atoms with E-state index in [2.05, 4.69) is 6.07 Å². The molecule has 3 fully saturated rings. The Labute approximate surface area is 161 Å². The number of amides is 2. The molecule has 0 aromatic heterocycles. The van der Waals surface area contributed by atoms with E-state index in [1.165, 1.54) is 16.7 Å². The maximum Gasteiger partial charge on any atom is 0.261 e. The Bertz CT molecular complexity index is 945. The zero-order valence-corrected chi connectivity index (χ0v) is 16.1. The number of hydrogen-bond acceptors (Lipinski definition) is 6. The Hall–Kier alpha value is -2.40. The van der Waals surface area contributed by atoms with E-state index in [0.29, 0.717) is 31.1 Å². The third-order valence-electron chi connectivity index (χ3n) is 6.26. The summed E-state index contributed by atoms with van der Waals surface area (Å²) in [4.78, 5) is 27.7. The van der Waals surface area contributed by atoms with Crippen LogP contribution in [0.5, 0.6) is 11.5 Å². The smallest absolute Gasteiger partial charge is 0.261 e. The van der Waals surface area contributed by atoms with Crippen molar-refractivity contribution in [3.63, 3.8) is 0 Å². The van der Waals surface area contributed by atoms with E-state index in [1.54, 1.807) is 18.9 Å². The summed E-state index contributed by atoms with van der Waals surface area (Å²) in [5.41, 5.74) is -0.0880. The first kappa shape index (κ1) is 16.8. The molecular weight excluding hydrogens is 366 g/mol. The second kappa shape index (κ2) is 4.90. The standard InChI is InChI=1S/C19H19N3O4S/c1-17(10-20)9-19-16(24)21(3)18(2,27-19)15(23)22(19)14(17)11-4-5-12-13(8-11)26-7-6-25-12/h4-5,8,14H,6-7,9H2,1-3H3/t14-,17+,18?,19?/m0/s1. The Balaban J connectivity index is 1.67. The molecule has 4 heterocycles. The van der Waals surface area contributed by atoms with Gasteiger partial charge >= 0.3 is 0 Å². The third-order valence-corrected chi connectivity index (χ3v) is 7.96. The first-order valence-corrected chi connectivity index (χ1v) is 9.71. The Morgan fingerprint density at radius 2 is 1.89 bits per heavy atom. The summed E-state index contributed by atoms with van der Waals surface area (Å²) >= 11 is 1.37. The molecule has 0 radical (unpaired) electrons. The molecule has 1 aromatic carbocycles. The number of fused-ring (bicyclic) bond motifs is 2. The molecule has 140 valence electrons. The highest BCUT2D eigenvalue weighted by Crippen LogP contribution is 2.69. The van der Waals surface area contributed by atoms with E-state index in [0.717, 1.165) is 5.56 Å². The van der Waals surface area contributed by atoms with E-state index in [9.17, 15) is 14.9 Å². The van der Waals surface area contributed by atoms with Crippen molar-refractivity contribution < 1.29 is 19.1 Å². The number of hydrogen-bond donors (Lipinski definition) is 0. The number of nitriles is 1. The lowest BCUT2D eigenvalue weighted by Gasteiger charge is -2.40. The van der Waals surface area contributed by atoms with Crippen LogP contribution < -0.4 is 9.47 Å². The second-order valence-electron chi connectivity index (χ2n) is 7.92. The summed E-state index contributed by atoms with van der Waals surface area (Å²) in [5, 5.41) is 10.00. The van der Waals surface area contributed by atoms with Crippen LogP contribution in [-0.4, -0.2) is 51.6 Å². The van der Waals surface area contributed by atoms with Gasteiger partial charge in [-0.1, -0.05) is 17.8 Å². The van der Waals surface area contributed by atoms with Crippen LogP contribution in [0.25, 0.3) is 0 Å². The van der Waals surface area contributed by atoms with Crippen molar-refractivity contribution in [3.8, 4) is 17.6 Å². The summed E-state index contributed by atoms with van der Waals surface area (Å²) in [5.74, 6) is 1.05. The van der Waals surface area contributed by atoms with Crippen LogP contribution in [0.2, 0.25) is 0 Å². The maximum atomic E-state index is 13.3. The van der Waals surface area contributed by atoms with Gasteiger partial charge in [0.15, 0.2) is 21.2 Å². The second-order valence-corrected chi connectivity index (χ2v) is 9.59. The molecular formula is C19H19N3O4S. The van der Waals surface area contributed by atoms with E-state index < -0.39 is 21.2 Å². The van der Waals surface area contributed by atoms with Crippen molar-refractivity contribution in [2.75, 3.05) is 20.3 Å². The van der Waals surface area contributed by atoms with E-state index in [1.807, 2.05) is 25.1 Å². The lowest BCUT2D eigenvalue weighted by Crippen LogP contribution is -2.60. The zero-order chi connectivity index (χ0) is 19.2. The Morgan fingerprint density at radius 3 is 2.59 bits per heavy atom. The van der Waals surface area contributed by atoms with Crippen LogP contribution in [0.1, 0.15) is 31.9 Å². The van der Waals surface area contributed by atoms with Crippen LogP contribution >= 0.6 is 11.8 Å². The topological polar surface area (TPSA) is 82.9 Å². The van der Waals surface area contributed by atoms with Gasteiger partial charge in [0.2, 0.25) is 0 Å². The SMILES string of the molecule is CN1C(=O)C23C[C@](C)(C#N)[C@H](c4ccc5c(c4)OCCO5)N2C(=O)C1(C)S3. The van der Waals surface area contributed by atoms with E-state index in [-0.39, 0.29) is 11.8 Å². The number of rotatable bonds is 1. The molecule has 4 aliphatic heterocycles. The van der Waals surface area contributed by atoms with Crippen molar-refractivity contribution in [1.82, 2.24) is 9.80 Å². The molecule has 4 aliphatic rings. The molecule has 2 amide bonds. The highest BCUT2D eigenvalue weighted by molar-refractivity contribution is 8.04. The fourth-order valence-corrected chi connectivity index (χ4v) is 6.82. The predicted molar refractivity (Wildman–Crippen MR) is 96.9 cm³/mol. The van der Waals surface area contributed by atoms with Gasteiger partial charge in [0.05, 0.1) is 17.5 Å². The molecule has 0 N–H and O–H groups in total. The fraction of sp³-hybridized carbons (Fsp3) is 0.526. The largest absolute Gasteiger partial charge is 0.486 e. The predicted octanol–water partition coefficient (Wildman–Crippen LogP) is 1.89. The molecule has 8 heteroatoms. The van der Waals surface area contributed by atoms with Gasteiger partial charge in [-0.2, -0.15) is 5.26 Å². The monoisotopic (exact) mass is 385 g/mol. The van der Waals surface area contributed by atoms with Crippen molar-refractivity contribution in [2.24, 2.45) is 5.41 Å². The van der Waals surface area contributed by atoms with Crippen LogP contribution in [0.4, 0.5) is 0 Å². The molecule has 2 bridgehead atoms. The van der Waals surface area contributed by atoms with Crippen molar-refractivity contribution in [3.05, 3.63) is 23.8 Å². The zero-order valence-electron chi connectivity index (χ0n) is 15.3. The molecule has 1 spiro atoms. The number of benzene rings is 1. The summed E-state index contributed by atoms with van der Waals surface area (Å²) in [7, 11) is 1.67. The average Bonchev–Trinajstić information content (AvgIpc) is 3.14. The van der Waals surface area contributed by atoms with Gasteiger partial charge in [-0.3, -0.25) is 9.59 Å². The maximum absolute atomic E-state index is 13.3. The molecule has 5 rings (SSSR count). The Kier molecular flexibility index (Phi) is 3.04. The minimum absolute atomic E-state index is 0.101. The quantitative estimate of drug-likeness (QED) is 0.734. The van der Waals surface area contributed by atoms with Gasteiger partial charge in [0, 0.05) is 13.5 Å². The number of carbonyl (C=O) groups excluding carboxylic acids is 2. The minimum Gasteiger partial charge on any atom is -0.486 e. The van der Waals surface area contributed by atoms with Gasteiger partial charge in [-0.05, 0) is 31.5 Å². The van der Waals surface area contributed by atoms with E-state index in [4.69, 9.17) is 9.47 Å². The van der Waals surface area contributed by atoms with Crippen molar-refractivity contribution in [1.29, 1.82) is 5.26 Å². The van der Waals surface area contributed by atoms with Crippen LogP contribution in [0.15, 0.2) is 18.2 Å². The Morgan fingerprint density at radius 1 is 1.19 bits per heavy atom. The number of likely N-dealkylation sites (N-methyl/N-ethyl adjacent to an activating group) is 1. The van der Waals surface area contributed by atoms with Crippen molar-refractivity contribution in [2.45, 2.75) is 36.1 Å². The summed E-state index contributed by atoms with van der Waals surface area (Å²) in [6.07, 6.45) is 0.310. The molecule has 2 unspecified atom stereocenters. The first-order chi connectivity index (χ1) is 12.8. The number of carbonyl (C=O) groups is 2. The lowest BCUT2D eigenvalue weighted by molar-refractivity contribution is -0.159. The van der Waals surface area contributed by atoms with Gasteiger partial charge in [0.1, 0.15) is 13.2 Å². The van der Waals surface area contributed by atoms with Crippen LogP contribution in [0.3, 0.4) is 0 Å². The molecule has 27 heavy (non-hydrogen) atoms. The molecule has 3 saturated heterocycles. The highest BCUT2D eigenvalue weighted by Gasteiger charge is 2.78. The average molecular weight is 385 g/mol. The first-order valence-electron chi connectivity index (χ1n) is 8.90. The summed E-state index contributed by atoms with van der Waals surface area (Å²) in [6.45, 7) is 4.57. The third kappa shape index (κ3) is 1.78. The molecule has 0 aliphatic carbocycles. The van der Waals surface area contributed by atoms with Crippen LogP contribution in [0, 0.1) is 16.7 Å². The number of nitrogens with zero attached hydrogens (tertiary/aromatic N) is 3. The molecule has 7 nitrogen and oxygen atoms in total.